The highest BCUT2D eigenvalue weighted by Crippen LogP contribution is 2.33. The number of piperazine rings is 1. The van der Waals surface area contributed by atoms with Gasteiger partial charge in [0, 0.05) is 38.1 Å². The lowest BCUT2D eigenvalue weighted by Crippen LogP contribution is -2.54. The molecule has 1 amide bonds. The number of hydrogen-bond donors (Lipinski definition) is 1. The largest absolute Gasteiger partial charge is 0.493 e. The molecule has 1 fully saturated rings. The Labute approximate surface area is 190 Å². The van der Waals surface area contributed by atoms with Crippen molar-refractivity contribution in [3.05, 3.63) is 47.9 Å². The van der Waals surface area contributed by atoms with E-state index in [1.807, 2.05) is 17.0 Å². The number of aliphatic imine (C=N–C) groups is 1. The van der Waals surface area contributed by atoms with Crippen molar-refractivity contribution in [1.29, 1.82) is 0 Å². The van der Waals surface area contributed by atoms with Crippen LogP contribution in [-0.2, 0) is 5.41 Å². The minimum atomic E-state index is -0.197. The fourth-order valence-electron chi connectivity index (χ4n) is 3.72. The van der Waals surface area contributed by atoms with Gasteiger partial charge in [-0.2, -0.15) is 0 Å². The molecule has 1 aliphatic rings. The number of guanidine groups is 1. The maximum absolute atomic E-state index is 12.5. The number of nitrogens with one attached hydrogen (secondary N) is 1. The van der Waals surface area contributed by atoms with E-state index in [0.29, 0.717) is 36.9 Å². The molecule has 1 aromatic carbocycles. The first kappa shape index (κ1) is 23.5. The summed E-state index contributed by atoms with van der Waals surface area (Å²) in [5.41, 5.74) is 0.931. The van der Waals surface area contributed by atoms with Crippen molar-refractivity contribution in [2.75, 3.05) is 53.5 Å². The Kier molecular flexibility index (Phi) is 7.66. The Balaban J connectivity index is 1.67. The maximum atomic E-state index is 12.5. The van der Waals surface area contributed by atoms with Crippen molar-refractivity contribution in [2.45, 2.75) is 26.2 Å². The molecule has 174 valence electrons. The molecular formula is C24H34N4O4. The summed E-state index contributed by atoms with van der Waals surface area (Å²) in [6.07, 6.45) is 1.53. The van der Waals surface area contributed by atoms with Crippen LogP contribution in [0.1, 0.15) is 36.9 Å². The average molecular weight is 443 g/mol. The molecule has 8 heteroatoms. The quantitative estimate of drug-likeness (QED) is 0.525. The lowest BCUT2D eigenvalue weighted by atomic mass is 9.84. The predicted octanol–water partition coefficient (Wildman–Crippen LogP) is 3.00. The molecule has 0 saturated carbocycles. The number of benzene rings is 1. The normalized spacial score (nSPS) is 15.0. The van der Waals surface area contributed by atoms with E-state index in [1.54, 1.807) is 26.4 Å². The summed E-state index contributed by atoms with van der Waals surface area (Å²) in [6.45, 7) is 10.5. The highest BCUT2D eigenvalue weighted by atomic mass is 16.5. The van der Waals surface area contributed by atoms with Gasteiger partial charge in [-0.05, 0) is 36.8 Å². The predicted molar refractivity (Wildman–Crippen MR) is 125 cm³/mol. The lowest BCUT2D eigenvalue weighted by molar-refractivity contribution is 0.0657. The van der Waals surface area contributed by atoms with Gasteiger partial charge in [0.05, 0.1) is 27.0 Å². The Bertz CT molecular complexity index is 916. The van der Waals surface area contributed by atoms with E-state index >= 15 is 0 Å². The second-order valence-electron chi connectivity index (χ2n) is 8.38. The summed E-state index contributed by atoms with van der Waals surface area (Å²) < 4.78 is 16.1. The van der Waals surface area contributed by atoms with Gasteiger partial charge in [-0.3, -0.25) is 9.79 Å². The Morgan fingerprint density at radius 3 is 2.38 bits per heavy atom. The van der Waals surface area contributed by atoms with Gasteiger partial charge in [0.2, 0.25) is 0 Å². The zero-order valence-corrected chi connectivity index (χ0v) is 19.7. The summed E-state index contributed by atoms with van der Waals surface area (Å²) in [5, 5.41) is 3.40. The molecule has 1 saturated heterocycles. The molecule has 8 nitrogen and oxygen atoms in total. The number of hydrogen-bond acceptors (Lipinski definition) is 5. The Hall–Kier alpha value is -3.16. The van der Waals surface area contributed by atoms with Crippen molar-refractivity contribution < 1.29 is 18.7 Å². The number of nitrogens with zero attached hydrogens (tertiary/aromatic N) is 3. The van der Waals surface area contributed by atoms with E-state index < -0.39 is 0 Å². The van der Waals surface area contributed by atoms with Gasteiger partial charge in [0.25, 0.3) is 5.91 Å². The van der Waals surface area contributed by atoms with E-state index in [9.17, 15) is 4.79 Å². The molecule has 0 spiro atoms. The first-order valence-corrected chi connectivity index (χ1v) is 11.0. The second-order valence-corrected chi connectivity index (χ2v) is 8.38. The minimum absolute atomic E-state index is 0.0637. The number of carbonyl (C=O) groups is 1. The van der Waals surface area contributed by atoms with Crippen LogP contribution in [0.15, 0.2) is 46.0 Å². The van der Waals surface area contributed by atoms with Crippen LogP contribution >= 0.6 is 0 Å². The molecule has 0 aliphatic carbocycles. The molecule has 2 heterocycles. The van der Waals surface area contributed by atoms with Crippen molar-refractivity contribution >= 4 is 11.9 Å². The molecule has 1 aromatic heterocycles. The second kappa shape index (κ2) is 10.4. The average Bonchev–Trinajstić information content (AvgIpc) is 3.36. The molecule has 0 radical (unpaired) electrons. The smallest absolute Gasteiger partial charge is 0.289 e. The van der Waals surface area contributed by atoms with Gasteiger partial charge in [0.15, 0.2) is 23.2 Å². The molecule has 0 unspecified atom stereocenters. The summed E-state index contributed by atoms with van der Waals surface area (Å²) in [7, 11) is 3.28. The fourth-order valence-corrected chi connectivity index (χ4v) is 3.72. The minimum Gasteiger partial charge on any atom is -0.493 e. The number of rotatable bonds is 7. The summed E-state index contributed by atoms with van der Waals surface area (Å²) in [5.74, 6) is 2.62. The van der Waals surface area contributed by atoms with Gasteiger partial charge < -0.3 is 29.0 Å². The molecule has 1 N–H and O–H groups in total. The summed E-state index contributed by atoms with van der Waals surface area (Å²) in [6, 6.07) is 9.44. The number of methoxy groups -OCH3 is 2. The molecular weight excluding hydrogens is 408 g/mol. The topological polar surface area (TPSA) is 79.5 Å². The van der Waals surface area contributed by atoms with Gasteiger partial charge >= 0.3 is 0 Å². The van der Waals surface area contributed by atoms with E-state index in [0.717, 1.165) is 31.2 Å². The number of ether oxygens (including phenoxy) is 2. The van der Waals surface area contributed by atoms with Gasteiger partial charge in [-0.15, -0.1) is 0 Å². The van der Waals surface area contributed by atoms with Crippen LogP contribution in [-0.4, -0.2) is 75.2 Å². The van der Waals surface area contributed by atoms with Gasteiger partial charge in [0.1, 0.15) is 0 Å². The van der Waals surface area contributed by atoms with Crippen molar-refractivity contribution in [2.24, 2.45) is 4.99 Å². The third-order valence-electron chi connectivity index (χ3n) is 5.72. The third-order valence-corrected chi connectivity index (χ3v) is 5.72. The van der Waals surface area contributed by atoms with Crippen LogP contribution in [0.2, 0.25) is 0 Å². The number of furan rings is 1. The molecule has 0 bridgehead atoms. The first-order chi connectivity index (χ1) is 15.4. The van der Waals surface area contributed by atoms with Crippen LogP contribution in [0.3, 0.4) is 0 Å². The standard InChI is InChI=1S/C24H34N4O4/c1-6-25-23(28-13-11-27(12-14-28)22(29)20-8-7-15-32-20)26-17-24(2,3)18-9-10-19(30-4)21(16-18)31-5/h7-10,15-16H,6,11-14,17H2,1-5H3,(H,25,26). The van der Waals surface area contributed by atoms with Crippen molar-refractivity contribution in [3.8, 4) is 11.5 Å². The van der Waals surface area contributed by atoms with E-state index in [1.165, 1.54) is 6.26 Å². The highest BCUT2D eigenvalue weighted by Gasteiger charge is 2.27. The van der Waals surface area contributed by atoms with Crippen LogP contribution in [0, 0.1) is 0 Å². The van der Waals surface area contributed by atoms with Crippen LogP contribution < -0.4 is 14.8 Å². The zero-order valence-electron chi connectivity index (χ0n) is 19.7. The fraction of sp³-hybridized carbons (Fsp3) is 0.500. The lowest BCUT2D eigenvalue weighted by Gasteiger charge is -2.36. The third kappa shape index (κ3) is 5.36. The molecule has 0 atom stereocenters. The van der Waals surface area contributed by atoms with Crippen LogP contribution in [0.5, 0.6) is 11.5 Å². The number of amides is 1. The monoisotopic (exact) mass is 442 g/mol. The molecule has 2 aromatic rings. The van der Waals surface area contributed by atoms with Crippen molar-refractivity contribution in [3.63, 3.8) is 0 Å². The van der Waals surface area contributed by atoms with Gasteiger partial charge in [-0.1, -0.05) is 19.9 Å². The highest BCUT2D eigenvalue weighted by molar-refractivity contribution is 5.91. The Morgan fingerprint density at radius 1 is 1.09 bits per heavy atom. The van der Waals surface area contributed by atoms with Crippen LogP contribution in [0.25, 0.3) is 0 Å². The van der Waals surface area contributed by atoms with Crippen LogP contribution in [0.4, 0.5) is 0 Å². The Morgan fingerprint density at radius 2 is 1.78 bits per heavy atom. The first-order valence-electron chi connectivity index (χ1n) is 11.0. The molecule has 3 rings (SSSR count). The SMILES string of the molecule is CCNC(=NCC(C)(C)c1ccc(OC)c(OC)c1)N1CCN(C(=O)c2ccco2)CC1. The number of carbonyl (C=O) groups excluding carboxylic acids is 1. The summed E-state index contributed by atoms with van der Waals surface area (Å²) in [4.78, 5) is 21.5. The van der Waals surface area contributed by atoms with E-state index in [4.69, 9.17) is 18.9 Å². The van der Waals surface area contributed by atoms with Gasteiger partial charge in [-0.25, -0.2) is 0 Å². The zero-order chi connectivity index (χ0) is 23.1. The van der Waals surface area contributed by atoms with E-state index in [2.05, 4.69) is 37.1 Å². The summed E-state index contributed by atoms with van der Waals surface area (Å²) >= 11 is 0. The van der Waals surface area contributed by atoms with E-state index in [-0.39, 0.29) is 11.3 Å². The molecule has 32 heavy (non-hydrogen) atoms. The molecule has 1 aliphatic heterocycles. The van der Waals surface area contributed by atoms with Crippen molar-refractivity contribution in [1.82, 2.24) is 15.1 Å². The maximum Gasteiger partial charge on any atom is 0.289 e.